The van der Waals surface area contributed by atoms with Gasteiger partial charge in [0.15, 0.2) is 0 Å². The van der Waals surface area contributed by atoms with E-state index in [2.05, 4.69) is 10.6 Å². The largest absolute Gasteiger partial charge is 0.497 e. The zero-order valence-electron chi connectivity index (χ0n) is 17.4. The summed E-state index contributed by atoms with van der Waals surface area (Å²) in [6.07, 6.45) is 1.01. The summed E-state index contributed by atoms with van der Waals surface area (Å²) in [5.41, 5.74) is 2.23. The smallest absolute Gasteiger partial charge is 0.472 e. The predicted octanol–water partition coefficient (Wildman–Crippen LogP) is 3.55. The van der Waals surface area contributed by atoms with E-state index in [1.807, 2.05) is 61.5 Å². The Balaban J connectivity index is 2.03. The van der Waals surface area contributed by atoms with Gasteiger partial charge in [0.25, 0.3) is 0 Å². The molecule has 29 heavy (non-hydrogen) atoms. The topological polar surface area (TPSA) is 77.5 Å². The number of ether oxygens (including phenoxy) is 2. The maximum Gasteiger partial charge on any atom is 0.472 e. The van der Waals surface area contributed by atoms with E-state index in [1.54, 1.807) is 7.11 Å². The number of nitrogens with zero attached hydrogens (tertiary/aromatic N) is 1. The van der Waals surface area contributed by atoms with Gasteiger partial charge in [-0.25, -0.2) is 4.57 Å². The first kappa shape index (κ1) is 23.4. The molecule has 0 aliphatic rings. The third-order valence-electron chi connectivity index (χ3n) is 4.30. The Hall–Kier alpha value is -1.89. The summed E-state index contributed by atoms with van der Waals surface area (Å²) in [4.78, 5) is 11.5. The van der Waals surface area contributed by atoms with E-state index in [9.17, 15) is 9.46 Å². The van der Waals surface area contributed by atoms with Crippen LogP contribution in [-0.4, -0.2) is 57.4 Å². The van der Waals surface area contributed by atoms with E-state index in [4.69, 9.17) is 14.0 Å². The van der Waals surface area contributed by atoms with Crippen molar-refractivity contribution < 1.29 is 28.0 Å². The number of aryl methyl sites for hydroxylation is 2. The third kappa shape index (κ3) is 8.17. The van der Waals surface area contributed by atoms with Gasteiger partial charge in [0, 0.05) is 13.7 Å². The molecule has 0 saturated carbocycles. The molecule has 0 saturated heterocycles. The minimum atomic E-state index is -4.10. The van der Waals surface area contributed by atoms with Crippen molar-refractivity contribution in [3.8, 4) is 11.5 Å². The number of para-hydroxylation sites is 1. The van der Waals surface area contributed by atoms with Gasteiger partial charge in [0.2, 0.25) is 0 Å². The Morgan fingerprint density at radius 3 is 2.52 bits per heavy atom. The molecule has 0 fully saturated rings. The van der Waals surface area contributed by atoms with E-state index in [0.717, 1.165) is 37.0 Å². The van der Waals surface area contributed by atoms with Gasteiger partial charge in [0.05, 0.1) is 7.11 Å². The van der Waals surface area contributed by atoms with E-state index >= 15 is 0 Å². The Morgan fingerprint density at radius 1 is 1.07 bits per heavy atom. The van der Waals surface area contributed by atoms with Crippen molar-refractivity contribution in [1.29, 1.82) is 0 Å². The summed E-state index contributed by atoms with van der Waals surface area (Å²) in [5, 5.41) is 0. The van der Waals surface area contributed by atoms with Crippen LogP contribution in [0.1, 0.15) is 11.1 Å². The first-order valence-electron chi connectivity index (χ1n) is 9.38. The minimum absolute atomic E-state index is 0.127. The van der Waals surface area contributed by atoms with Gasteiger partial charge in [-0.1, -0.05) is 30.3 Å². The van der Waals surface area contributed by atoms with Crippen LogP contribution in [0.4, 0.5) is 0 Å². The van der Waals surface area contributed by atoms with E-state index in [-0.39, 0.29) is 6.61 Å². The second kappa shape index (κ2) is 11.3. The fraction of sp³-hybridized carbons (Fsp3) is 0.429. The Bertz CT molecular complexity index is 813. The maximum atomic E-state index is 11.8. The van der Waals surface area contributed by atoms with Crippen LogP contribution in [-0.2, 0) is 26.5 Å². The summed E-state index contributed by atoms with van der Waals surface area (Å²) in [6, 6.07) is 15.8. The van der Waals surface area contributed by atoms with Crippen molar-refractivity contribution >= 4 is 7.82 Å². The van der Waals surface area contributed by atoms with Crippen LogP contribution in [0.25, 0.3) is 0 Å². The Labute approximate surface area is 172 Å². The molecule has 2 aromatic rings. The summed E-state index contributed by atoms with van der Waals surface area (Å²) >= 11 is 0. The highest BCUT2D eigenvalue weighted by Gasteiger charge is 2.26. The molecule has 2 rings (SSSR count). The molecule has 1 N–H and O–H groups in total. The molecule has 0 spiro atoms. The molecule has 1 unspecified atom stereocenters. The lowest BCUT2D eigenvalue weighted by molar-refractivity contribution is 0.0639. The maximum absolute atomic E-state index is 11.8. The average Bonchev–Trinajstić information content (AvgIpc) is 2.70. The van der Waals surface area contributed by atoms with Gasteiger partial charge in [-0.2, -0.15) is 0 Å². The van der Waals surface area contributed by atoms with E-state index < -0.39 is 13.9 Å². The van der Waals surface area contributed by atoms with Gasteiger partial charge in [-0.3, -0.25) is 9.05 Å². The van der Waals surface area contributed by atoms with Gasteiger partial charge < -0.3 is 19.3 Å². The van der Waals surface area contributed by atoms with E-state index in [0.29, 0.717) is 6.54 Å². The van der Waals surface area contributed by atoms with Gasteiger partial charge in [-0.15, -0.1) is 0 Å². The Morgan fingerprint density at radius 2 is 1.83 bits per heavy atom. The Kier molecular flexibility index (Phi) is 9.14. The summed E-state index contributed by atoms with van der Waals surface area (Å²) in [6.45, 7) is 0.544. The number of likely N-dealkylation sites (N-methyl/N-ethyl adjacent to an activating group) is 1. The van der Waals surface area contributed by atoms with Gasteiger partial charge >= 0.3 is 7.82 Å². The van der Waals surface area contributed by atoms with Crippen molar-refractivity contribution in [1.82, 2.24) is 4.90 Å². The fourth-order valence-corrected chi connectivity index (χ4v) is 3.49. The predicted molar refractivity (Wildman–Crippen MR) is 113 cm³/mol. The van der Waals surface area contributed by atoms with Gasteiger partial charge in [-0.05, 0) is 56.3 Å². The van der Waals surface area contributed by atoms with Crippen molar-refractivity contribution in [2.75, 3.05) is 41.5 Å². The highest BCUT2D eigenvalue weighted by Crippen LogP contribution is 2.43. The molecule has 2 aromatic carbocycles. The number of hydrogen-bond donors (Lipinski definition) is 1. The highest BCUT2D eigenvalue weighted by molar-refractivity contribution is 7.47. The van der Waals surface area contributed by atoms with Crippen LogP contribution in [0, 0.1) is 0 Å². The van der Waals surface area contributed by atoms with Crippen LogP contribution in [0.2, 0.25) is 0 Å². The molecular weight excluding hydrogens is 393 g/mol. The second-order valence-corrected chi connectivity index (χ2v) is 8.42. The second-order valence-electron chi connectivity index (χ2n) is 6.91. The van der Waals surface area contributed by atoms with Crippen molar-refractivity contribution in [3.63, 3.8) is 0 Å². The molecule has 0 heterocycles. The fourth-order valence-electron chi connectivity index (χ4n) is 2.90. The molecule has 0 amide bonds. The number of phosphoric ester groups is 1. The standard InChI is InChI=1S/C21H30NO6P/c1-22(2)15-20(28-29(23,24)26-4)16-27-21-11-6-5-9-18(21)13-12-17-8-7-10-19(14-17)25-3/h5-11,14,20H,12-13,15-16H2,1-4H3,(H,23,24)/t20-/m1/s1. The van der Waals surface area contributed by atoms with Crippen molar-refractivity contribution in [2.24, 2.45) is 0 Å². The van der Waals surface area contributed by atoms with Crippen molar-refractivity contribution in [2.45, 2.75) is 18.9 Å². The average molecular weight is 423 g/mol. The monoisotopic (exact) mass is 423 g/mol. The number of benzene rings is 2. The number of methoxy groups -OCH3 is 1. The number of rotatable bonds is 12. The minimum Gasteiger partial charge on any atom is -0.497 e. The number of phosphoric acid groups is 1. The lowest BCUT2D eigenvalue weighted by atomic mass is 10.0. The van der Waals surface area contributed by atoms with Crippen LogP contribution in [0.15, 0.2) is 48.5 Å². The van der Waals surface area contributed by atoms with E-state index in [1.165, 1.54) is 5.56 Å². The molecule has 0 aliphatic carbocycles. The SMILES string of the molecule is COc1cccc(CCc2ccccc2OC[C@@H](CN(C)C)OP(=O)(O)OC)c1. The molecule has 160 valence electrons. The lowest BCUT2D eigenvalue weighted by Crippen LogP contribution is -2.33. The quantitative estimate of drug-likeness (QED) is 0.523. The molecule has 0 aliphatic heterocycles. The summed E-state index contributed by atoms with van der Waals surface area (Å²) in [5.74, 6) is 1.57. The van der Waals surface area contributed by atoms with Crippen LogP contribution >= 0.6 is 7.82 Å². The number of hydrogen-bond acceptors (Lipinski definition) is 6. The first-order valence-corrected chi connectivity index (χ1v) is 10.9. The zero-order chi connectivity index (χ0) is 21.3. The lowest BCUT2D eigenvalue weighted by Gasteiger charge is -2.23. The third-order valence-corrected chi connectivity index (χ3v) is 5.32. The molecule has 0 radical (unpaired) electrons. The van der Waals surface area contributed by atoms with Crippen LogP contribution in [0.5, 0.6) is 11.5 Å². The molecular formula is C21H30NO6P. The molecule has 2 atom stereocenters. The molecule has 0 bridgehead atoms. The van der Waals surface area contributed by atoms with Crippen LogP contribution < -0.4 is 9.47 Å². The molecule has 0 aromatic heterocycles. The van der Waals surface area contributed by atoms with Gasteiger partial charge in [0.1, 0.15) is 24.2 Å². The zero-order valence-corrected chi connectivity index (χ0v) is 18.3. The summed E-state index contributed by atoms with van der Waals surface area (Å²) < 4.78 is 32.8. The first-order chi connectivity index (χ1) is 13.8. The molecule has 8 heteroatoms. The van der Waals surface area contributed by atoms with Crippen molar-refractivity contribution in [3.05, 3.63) is 59.7 Å². The molecule has 7 nitrogen and oxygen atoms in total. The van der Waals surface area contributed by atoms with Crippen LogP contribution in [0.3, 0.4) is 0 Å². The normalized spacial score (nSPS) is 14.4. The summed E-state index contributed by atoms with van der Waals surface area (Å²) in [7, 11) is 2.41. The highest BCUT2D eigenvalue weighted by atomic mass is 31.2.